The molecule has 2 fully saturated rings. The molecule has 6 rings (SSSR count). The Morgan fingerprint density at radius 3 is 1.05 bits per heavy atom. The number of benzene rings is 4. The maximum absolute atomic E-state index is 5.99. The zero-order chi connectivity index (χ0) is 38.7. The molecule has 0 spiro atoms. The average Bonchev–Trinajstić information content (AvgIpc) is 3.20. The van der Waals surface area contributed by atoms with E-state index in [9.17, 15) is 0 Å². The third-order valence-corrected chi connectivity index (χ3v) is 11.2. The third-order valence-electron chi connectivity index (χ3n) is 11.2. The molecule has 2 heterocycles. The lowest BCUT2D eigenvalue weighted by molar-refractivity contribution is -0.150. The van der Waals surface area contributed by atoms with Gasteiger partial charge in [0.25, 0.3) is 0 Å². The van der Waals surface area contributed by atoms with E-state index in [-0.39, 0.29) is 10.8 Å². The second kappa shape index (κ2) is 22.0. The van der Waals surface area contributed by atoms with Gasteiger partial charge in [0.2, 0.25) is 0 Å². The average molecular weight is 765 g/mol. The molecule has 2 saturated heterocycles. The van der Waals surface area contributed by atoms with Crippen LogP contribution in [0.1, 0.15) is 78.1 Å². The molecule has 2 N–H and O–H groups in total. The molecule has 0 amide bonds. The molecule has 0 aromatic heterocycles. The number of rotatable bonds is 27. The predicted molar refractivity (Wildman–Crippen MR) is 228 cm³/mol. The summed E-state index contributed by atoms with van der Waals surface area (Å²) in [6, 6.07) is 33.5. The van der Waals surface area contributed by atoms with Crippen LogP contribution in [-0.4, -0.2) is 66.1 Å². The second-order valence-corrected chi connectivity index (χ2v) is 15.8. The Morgan fingerprint density at radius 2 is 0.750 bits per heavy atom. The number of ether oxygens (including phenoxy) is 6. The molecule has 0 atom stereocenters. The quantitative estimate of drug-likeness (QED) is 0.0581. The van der Waals surface area contributed by atoms with E-state index in [2.05, 4.69) is 97.3 Å². The normalized spacial score (nSPS) is 15.4. The lowest BCUT2D eigenvalue weighted by Crippen LogP contribution is -2.45. The van der Waals surface area contributed by atoms with E-state index >= 15 is 0 Å². The van der Waals surface area contributed by atoms with Gasteiger partial charge in [-0.05, 0) is 135 Å². The van der Waals surface area contributed by atoms with Crippen LogP contribution in [0.15, 0.2) is 97.1 Å². The van der Waals surface area contributed by atoms with Crippen LogP contribution >= 0.6 is 0 Å². The van der Waals surface area contributed by atoms with Crippen LogP contribution in [-0.2, 0) is 18.9 Å². The fourth-order valence-electron chi connectivity index (χ4n) is 6.93. The van der Waals surface area contributed by atoms with E-state index in [1.54, 1.807) is 0 Å². The summed E-state index contributed by atoms with van der Waals surface area (Å²) < 4.78 is 34.5. The molecule has 0 bridgehead atoms. The van der Waals surface area contributed by atoms with E-state index in [0.29, 0.717) is 0 Å². The minimum absolute atomic E-state index is 0.282. The fourth-order valence-corrected chi connectivity index (χ4v) is 6.93. The molecule has 8 heteroatoms. The number of nitrogens with one attached hydrogen (secondary N) is 2. The van der Waals surface area contributed by atoms with Gasteiger partial charge in [-0.25, -0.2) is 0 Å². The SMILES string of the molecule is CCC1(COCCCCCCOc2ccc(Nc3ccc(-c4ccc(Nc5ccc(OCCCCCCOCC6(CC)COC6)cc5)cc4)cc3)cc2)COC1. The number of anilines is 4. The van der Waals surface area contributed by atoms with Crippen molar-refractivity contribution in [3.05, 3.63) is 97.1 Å². The van der Waals surface area contributed by atoms with E-state index < -0.39 is 0 Å². The number of unbranched alkanes of at least 4 members (excludes halogenated alkanes) is 6. The molecule has 2 aliphatic rings. The van der Waals surface area contributed by atoms with E-state index in [1.165, 1.54) is 24.0 Å². The van der Waals surface area contributed by atoms with Gasteiger partial charge in [-0.3, -0.25) is 0 Å². The Kier molecular flexibility index (Phi) is 16.3. The summed E-state index contributed by atoms with van der Waals surface area (Å²) in [7, 11) is 0. The van der Waals surface area contributed by atoms with Gasteiger partial charge >= 0.3 is 0 Å². The molecule has 4 aromatic rings. The minimum atomic E-state index is 0.282. The molecule has 302 valence electrons. The monoisotopic (exact) mass is 764 g/mol. The van der Waals surface area contributed by atoms with E-state index in [4.69, 9.17) is 28.4 Å². The van der Waals surface area contributed by atoms with Crippen molar-refractivity contribution in [3.63, 3.8) is 0 Å². The Bertz CT molecular complexity index is 1530. The van der Waals surface area contributed by atoms with Crippen LogP contribution in [0.4, 0.5) is 22.7 Å². The van der Waals surface area contributed by atoms with Crippen molar-refractivity contribution in [2.75, 3.05) is 76.7 Å². The van der Waals surface area contributed by atoms with Crippen LogP contribution in [0, 0.1) is 10.8 Å². The van der Waals surface area contributed by atoms with Crippen LogP contribution in [0.25, 0.3) is 11.1 Å². The summed E-state index contributed by atoms with van der Waals surface area (Å²) in [6.07, 6.45) is 11.2. The zero-order valence-corrected chi connectivity index (χ0v) is 33.8. The van der Waals surface area contributed by atoms with Crippen LogP contribution in [0.5, 0.6) is 11.5 Å². The Labute approximate surface area is 335 Å². The molecule has 56 heavy (non-hydrogen) atoms. The van der Waals surface area contributed by atoms with Gasteiger partial charge in [-0.1, -0.05) is 51.0 Å². The maximum Gasteiger partial charge on any atom is 0.119 e. The summed E-state index contributed by atoms with van der Waals surface area (Å²) >= 11 is 0. The highest BCUT2D eigenvalue weighted by Crippen LogP contribution is 2.33. The van der Waals surface area contributed by atoms with Gasteiger partial charge < -0.3 is 39.1 Å². The Morgan fingerprint density at radius 1 is 0.429 bits per heavy atom. The van der Waals surface area contributed by atoms with Gasteiger partial charge in [0, 0.05) is 46.8 Å². The number of hydrogen-bond acceptors (Lipinski definition) is 8. The van der Waals surface area contributed by atoms with Crippen molar-refractivity contribution in [1.29, 1.82) is 0 Å². The van der Waals surface area contributed by atoms with Crippen LogP contribution in [0.3, 0.4) is 0 Å². The first-order valence-corrected chi connectivity index (χ1v) is 21.1. The van der Waals surface area contributed by atoms with Crippen molar-refractivity contribution in [1.82, 2.24) is 0 Å². The van der Waals surface area contributed by atoms with Crippen molar-refractivity contribution in [2.45, 2.75) is 78.1 Å². The molecule has 0 saturated carbocycles. The fraction of sp³-hybridized carbons (Fsp3) is 0.500. The molecule has 2 aliphatic heterocycles. The summed E-state index contributed by atoms with van der Waals surface area (Å²) in [5.41, 5.74) is 7.07. The van der Waals surface area contributed by atoms with Gasteiger partial charge in [-0.2, -0.15) is 0 Å². The first-order valence-electron chi connectivity index (χ1n) is 21.1. The van der Waals surface area contributed by atoms with Gasteiger partial charge in [0.05, 0.1) is 52.9 Å². The Balaban J connectivity index is 0.813. The third kappa shape index (κ3) is 13.0. The zero-order valence-electron chi connectivity index (χ0n) is 33.8. The summed E-state index contributed by atoms with van der Waals surface area (Å²) in [6.45, 7) is 12.7. The molecule has 0 aliphatic carbocycles. The molecular weight excluding hydrogens is 701 g/mol. The highest BCUT2D eigenvalue weighted by Gasteiger charge is 2.37. The molecule has 4 aromatic carbocycles. The molecule has 0 unspecified atom stereocenters. The minimum Gasteiger partial charge on any atom is -0.494 e. The Hall–Kier alpha value is -4.08. The van der Waals surface area contributed by atoms with Gasteiger partial charge in [-0.15, -0.1) is 0 Å². The van der Waals surface area contributed by atoms with Crippen molar-refractivity contribution >= 4 is 22.7 Å². The first kappa shape index (κ1) is 41.6. The molecular formula is C48H64N2O6. The van der Waals surface area contributed by atoms with Crippen molar-refractivity contribution < 1.29 is 28.4 Å². The molecule has 0 radical (unpaired) electrons. The van der Waals surface area contributed by atoms with E-state index in [1.807, 2.05) is 24.3 Å². The van der Waals surface area contributed by atoms with Crippen LogP contribution < -0.4 is 20.1 Å². The van der Waals surface area contributed by atoms with Crippen molar-refractivity contribution in [3.8, 4) is 22.6 Å². The highest BCUT2D eigenvalue weighted by molar-refractivity contribution is 5.71. The largest absolute Gasteiger partial charge is 0.494 e. The lowest BCUT2D eigenvalue weighted by atomic mass is 9.84. The topological polar surface area (TPSA) is 79.4 Å². The second-order valence-electron chi connectivity index (χ2n) is 15.8. The first-order chi connectivity index (χ1) is 27.6. The summed E-state index contributed by atoms with van der Waals surface area (Å²) in [5.74, 6) is 1.81. The highest BCUT2D eigenvalue weighted by atomic mass is 16.5. The molecule has 8 nitrogen and oxygen atoms in total. The van der Waals surface area contributed by atoms with Gasteiger partial charge in [0.1, 0.15) is 11.5 Å². The van der Waals surface area contributed by atoms with Crippen molar-refractivity contribution in [2.24, 2.45) is 10.8 Å². The van der Waals surface area contributed by atoms with Gasteiger partial charge in [0.15, 0.2) is 0 Å². The smallest absolute Gasteiger partial charge is 0.119 e. The van der Waals surface area contributed by atoms with E-state index in [0.717, 1.165) is 152 Å². The predicted octanol–water partition coefficient (Wildman–Crippen LogP) is 11.6. The summed E-state index contributed by atoms with van der Waals surface area (Å²) in [4.78, 5) is 0. The lowest BCUT2D eigenvalue weighted by Gasteiger charge is -2.40. The number of hydrogen-bond donors (Lipinski definition) is 2. The maximum atomic E-state index is 5.99. The van der Waals surface area contributed by atoms with Crippen LogP contribution in [0.2, 0.25) is 0 Å². The standard InChI is InChI=1S/C48H64N2O6/c1-3-47(35-53-36-47)33-51-29-9-5-7-11-31-55-45-25-21-43(22-26-45)49-41-17-13-39(14-18-41)40-15-19-42(20-16-40)50-44-23-27-46(28-24-44)56-32-12-8-6-10-30-52-34-48(4-2)37-54-38-48/h13-28,49-50H,3-12,29-38H2,1-2H3. The summed E-state index contributed by atoms with van der Waals surface area (Å²) in [5, 5.41) is 7.01.